The van der Waals surface area contributed by atoms with Crippen LogP contribution in [0.1, 0.15) is 36.0 Å². The second-order valence-corrected chi connectivity index (χ2v) is 6.15. The molecular formula is C19H23NO. The topological polar surface area (TPSA) is 35.2 Å². The maximum atomic E-state index is 5.98. The number of nitrogens with two attached hydrogens (primary N) is 1. The summed E-state index contributed by atoms with van der Waals surface area (Å²) in [4.78, 5) is 0. The smallest absolute Gasteiger partial charge is 0.119 e. The standard InChI is InChI=1S/C19H23NO/c1-13-5-3-4-6-16(13)12-21-17-9-7-15(8-10-17)18-11-19(20)14(18)2/h3-10,14,18-19H,11-12,20H2,1-2H3. The quantitative estimate of drug-likeness (QED) is 0.918. The van der Waals surface area contributed by atoms with Crippen LogP contribution in [0.25, 0.3) is 0 Å². The zero-order valence-corrected chi connectivity index (χ0v) is 12.8. The van der Waals surface area contributed by atoms with Gasteiger partial charge < -0.3 is 10.5 Å². The van der Waals surface area contributed by atoms with E-state index >= 15 is 0 Å². The summed E-state index contributed by atoms with van der Waals surface area (Å²) in [7, 11) is 0. The van der Waals surface area contributed by atoms with Gasteiger partial charge in [-0.1, -0.05) is 43.3 Å². The largest absolute Gasteiger partial charge is 0.489 e. The fourth-order valence-corrected chi connectivity index (χ4v) is 3.01. The molecule has 1 saturated carbocycles. The average Bonchev–Trinajstić information content (AvgIpc) is 2.52. The molecule has 3 atom stereocenters. The van der Waals surface area contributed by atoms with Crippen LogP contribution in [-0.4, -0.2) is 6.04 Å². The monoisotopic (exact) mass is 281 g/mol. The summed E-state index contributed by atoms with van der Waals surface area (Å²) < 4.78 is 5.88. The first-order valence-corrected chi connectivity index (χ1v) is 7.68. The molecule has 0 heterocycles. The summed E-state index contributed by atoms with van der Waals surface area (Å²) >= 11 is 0. The molecule has 1 aliphatic carbocycles. The van der Waals surface area contributed by atoms with Crippen LogP contribution < -0.4 is 10.5 Å². The van der Waals surface area contributed by atoms with Crippen LogP contribution in [0.3, 0.4) is 0 Å². The molecule has 0 spiro atoms. The van der Waals surface area contributed by atoms with Crippen molar-refractivity contribution < 1.29 is 4.74 Å². The van der Waals surface area contributed by atoms with Gasteiger partial charge in [-0.25, -0.2) is 0 Å². The number of hydrogen-bond donors (Lipinski definition) is 1. The Balaban J connectivity index is 1.61. The maximum absolute atomic E-state index is 5.98. The fraction of sp³-hybridized carbons (Fsp3) is 0.368. The molecule has 0 bridgehead atoms. The molecule has 0 saturated heterocycles. The predicted molar refractivity (Wildman–Crippen MR) is 86.5 cm³/mol. The third kappa shape index (κ3) is 2.96. The Kier molecular flexibility index (Phi) is 3.98. The van der Waals surface area contributed by atoms with E-state index in [1.807, 2.05) is 0 Å². The van der Waals surface area contributed by atoms with Crippen molar-refractivity contribution in [3.63, 3.8) is 0 Å². The summed E-state index contributed by atoms with van der Waals surface area (Å²) in [5.41, 5.74) is 9.87. The van der Waals surface area contributed by atoms with Gasteiger partial charge in [-0.15, -0.1) is 0 Å². The number of aryl methyl sites for hydroxylation is 1. The minimum absolute atomic E-state index is 0.368. The lowest BCUT2D eigenvalue weighted by atomic mass is 9.67. The normalized spacial score (nSPS) is 24.4. The average molecular weight is 281 g/mol. The van der Waals surface area contributed by atoms with Crippen LogP contribution in [0.4, 0.5) is 0 Å². The van der Waals surface area contributed by atoms with Crippen molar-refractivity contribution >= 4 is 0 Å². The number of hydrogen-bond acceptors (Lipinski definition) is 2. The fourth-order valence-electron chi connectivity index (χ4n) is 3.01. The molecule has 2 aromatic carbocycles. The highest BCUT2D eigenvalue weighted by molar-refractivity contribution is 5.32. The molecule has 2 heteroatoms. The Labute approximate surface area is 126 Å². The molecular weight excluding hydrogens is 258 g/mol. The van der Waals surface area contributed by atoms with Crippen LogP contribution in [0.2, 0.25) is 0 Å². The number of rotatable bonds is 4. The molecule has 21 heavy (non-hydrogen) atoms. The Morgan fingerprint density at radius 2 is 1.81 bits per heavy atom. The minimum Gasteiger partial charge on any atom is -0.489 e. The van der Waals surface area contributed by atoms with Gasteiger partial charge in [0.2, 0.25) is 0 Å². The zero-order valence-electron chi connectivity index (χ0n) is 12.8. The second-order valence-electron chi connectivity index (χ2n) is 6.15. The highest BCUT2D eigenvalue weighted by Crippen LogP contribution is 2.41. The summed E-state index contributed by atoms with van der Waals surface area (Å²) in [6.07, 6.45) is 1.10. The first kappa shape index (κ1) is 14.2. The third-order valence-electron chi connectivity index (χ3n) is 4.80. The lowest BCUT2D eigenvalue weighted by molar-refractivity contribution is 0.226. The van der Waals surface area contributed by atoms with Crippen LogP contribution in [0.5, 0.6) is 5.75 Å². The van der Waals surface area contributed by atoms with E-state index in [2.05, 4.69) is 62.4 Å². The van der Waals surface area contributed by atoms with Crippen LogP contribution in [0, 0.1) is 12.8 Å². The molecule has 0 radical (unpaired) electrons. The molecule has 2 aromatic rings. The molecule has 0 aliphatic heterocycles. The van der Waals surface area contributed by atoms with Gasteiger partial charge in [0.25, 0.3) is 0 Å². The van der Waals surface area contributed by atoms with Gasteiger partial charge in [0.15, 0.2) is 0 Å². The van der Waals surface area contributed by atoms with Gasteiger partial charge in [0, 0.05) is 6.04 Å². The highest BCUT2D eigenvalue weighted by atomic mass is 16.5. The molecule has 3 unspecified atom stereocenters. The Morgan fingerprint density at radius 1 is 1.10 bits per heavy atom. The summed E-state index contributed by atoms with van der Waals surface area (Å²) in [5, 5.41) is 0. The molecule has 0 aromatic heterocycles. The van der Waals surface area contributed by atoms with Crippen LogP contribution in [0.15, 0.2) is 48.5 Å². The van der Waals surface area contributed by atoms with Gasteiger partial charge in [-0.2, -0.15) is 0 Å². The van der Waals surface area contributed by atoms with Gasteiger partial charge in [0.1, 0.15) is 12.4 Å². The van der Waals surface area contributed by atoms with Crippen LogP contribution >= 0.6 is 0 Å². The van der Waals surface area contributed by atoms with E-state index in [-0.39, 0.29) is 0 Å². The second kappa shape index (κ2) is 5.90. The Bertz CT molecular complexity index is 605. The van der Waals surface area contributed by atoms with Crippen molar-refractivity contribution in [3.05, 3.63) is 65.2 Å². The molecule has 2 N–H and O–H groups in total. The van der Waals surface area contributed by atoms with Crippen molar-refractivity contribution in [1.82, 2.24) is 0 Å². The van der Waals surface area contributed by atoms with Gasteiger partial charge in [-0.05, 0) is 54.0 Å². The van der Waals surface area contributed by atoms with E-state index in [9.17, 15) is 0 Å². The lowest BCUT2D eigenvalue weighted by Gasteiger charge is -2.40. The van der Waals surface area contributed by atoms with Crippen molar-refractivity contribution in [2.24, 2.45) is 11.7 Å². The molecule has 3 rings (SSSR count). The van der Waals surface area contributed by atoms with Crippen molar-refractivity contribution in [3.8, 4) is 5.75 Å². The van der Waals surface area contributed by atoms with Crippen molar-refractivity contribution in [2.75, 3.05) is 0 Å². The summed E-state index contributed by atoms with van der Waals surface area (Å²) in [6, 6.07) is 17.2. The van der Waals surface area contributed by atoms with Gasteiger partial charge in [0.05, 0.1) is 0 Å². The van der Waals surface area contributed by atoms with E-state index in [1.165, 1.54) is 16.7 Å². The van der Waals surface area contributed by atoms with Crippen molar-refractivity contribution in [2.45, 2.75) is 38.8 Å². The highest BCUT2D eigenvalue weighted by Gasteiger charge is 2.35. The van der Waals surface area contributed by atoms with Gasteiger partial charge in [-0.3, -0.25) is 0 Å². The first-order valence-electron chi connectivity index (χ1n) is 7.68. The van der Waals surface area contributed by atoms with E-state index in [4.69, 9.17) is 10.5 Å². The molecule has 2 nitrogen and oxygen atoms in total. The molecule has 110 valence electrons. The maximum Gasteiger partial charge on any atom is 0.119 e. The van der Waals surface area contributed by atoms with E-state index in [1.54, 1.807) is 0 Å². The molecule has 1 aliphatic rings. The number of benzene rings is 2. The number of ether oxygens (including phenoxy) is 1. The molecule has 1 fully saturated rings. The van der Waals surface area contributed by atoms with E-state index in [0.717, 1.165) is 12.2 Å². The Morgan fingerprint density at radius 3 is 2.43 bits per heavy atom. The van der Waals surface area contributed by atoms with E-state index in [0.29, 0.717) is 24.5 Å². The van der Waals surface area contributed by atoms with Gasteiger partial charge >= 0.3 is 0 Å². The van der Waals surface area contributed by atoms with E-state index < -0.39 is 0 Å². The minimum atomic E-state index is 0.368. The van der Waals surface area contributed by atoms with Crippen LogP contribution in [-0.2, 0) is 6.61 Å². The lowest BCUT2D eigenvalue weighted by Crippen LogP contribution is -2.44. The SMILES string of the molecule is Cc1ccccc1COc1ccc(C2CC(N)C2C)cc1. The third-order valence-corrected chi connectivity index (χ3v) is 4.80. The molecule has 0 amide bonds. The predicted octanol–water partition coefficient (Wildman–Crippen LogP) is 4.02. The first-order chi connectivity index (χ1) is 10.1. The van der Waals surface area contributed by atoms with Crippen molar-refractivity contribution in [1.29, 1.82) is 0 Å². The summed E-state index contributed by atoms with van der Waals surface area (Å²) in [6.45, 7) is 4.97. The zero-order chi connectivity index (χ0) is 14.8. The Hall–Kier alpha value is -1.80. The summed E-state index contributed by atoms with van der Waals surface area (Å²) in [5.74, 6) is 2.13.